The Morgan fingerprint density at radius 3 is 2.00 bits per heavy atom. The molecule has 0 spiro atoms. The molecule has 0 saturated carbocycles. The number of hydrogen-bond donors (Lipinski definition) is 5. The molecule has 14 nitrogen and oxygen atoms in total. The molecule has 2 aliphatic rings. The van der Waals surface area contributed by atoms with Crippen molar-refractivity contribution in [3.63, 3.8) is 0 Å². The van der Waals surface area contributed by atoms with Crippen LogP contribution < -0.4 is 0 Å². The summed E-state index contributed by atoms with van der Waals surface area (Å²) in [6, 6.07) is 0. The van der Waals surface area contributed by atoms with Crippen LogP contribution in [0.3, 0.4) is 0 Å². The molecule has 184 valence electrons. The third kappa shape index (κ3) is 5.90. The minimum atomic E-state index is -2.31. The van der Waals surface area contributed by atoms with E-state index in [4.69, 9.17) is 28.4 Å². The van der Waals surface area contributed by atoms with Crippen molar-refractivity contribution in [3.8, 4) is 0 Å². The number of carbonyl (C=O) groups excluding carboxylic acids is 3. The van der Waals surface area contributed by atoms with E-state index >= 15 is 0 Å². The first-order valence-corrected chi connectivity index (χ1v) is 9.70. The highest BCUT2D eigenvalue weighted by atomic mass is 16.8. The fourth-order valence-corrected chi connectivity index (χ4v) is 3.32. The van der Waals surface area contributed by atoms with Crippen molar-refractivity contribution >= 4 is 17.9 Å². The van der Waals surface area contributed by atoms with Gasteiger partial charge in [0.1, 0.15) is 49.8 Å². The van der Waals surface area contributed by atoms with Gasteiger partial charge in [-0.1, -0.05) is 0 Å². The quantitative estimate of drug-likeness (QED) is 0.172. The minimum Gasteiger partial charge on any atom is -0.463 e. The predicted octanol–water partition coefficient (Wildman–Crippen LogP) is -3.68. The van der Waals surface area contributed by atoms with Crippen molar-refractivity contribution in [3.05, 3.63) is 0 Å². The molecule has 0 radical (unpaired) electrons. The standard InChI is InChI=1S/C18H28O14/c1-7(20)27-5-11-12(23)15(29-9(3)22)14(25)17(30-11)32-18(6-28-8(2)21)16(26)13(24)10(4-19)31-18/h10-17,19,23-26H,4-6H2,1-3H3/t10-,11-,12-,13-,14-,15+,16+,17?,18?/m1/s1. The molecule has 14 heteroatoms. The summed E-state index contributed by atoms with van der Waals surface area (Å²) >= 11 is 0. The molecule has 0 aromatic heterocycles. The highest BCUT2D eigenvalue weighted by Gasteiger charge is 2.59. The molecule has 5 N–H and O–H groups in total. The van der Waals surface area contributed by atoms with Crippen LogP contribution in [0.5, 0.6) is 0 Å². The first-order chi connectivity index (χ1) is 14.9. The minimum absolute atomic E-state index is 0.511. The SMILES string of the molecule is CC(=O)OC[C@H]1OC(OC2(COC(C)=O)O[C@H](CO)[C@@H](O)[C@@H]2O)[C@H](O)[C@@H](OC(C)=O)[C@@H]1O. The van der Waals surface area contributed by atoms with Gasteiger partial charge in [0, 0.05) is 20.8 Å². The third-order valence-electron chi connectivity index (χ3n) is 4.87. The van der Waals surface area contributed by atoms with Gasteiger partial charge in [-0.05, 0) is 0 Å². The van der Waals surface area contributed by atoms with Crippen molar-refractivity contribution in [1.82, 2.24) is 0 Å². The fourth-order valence-electron chi connectivity index (χ4n) is 3.32. The zero-order chi connectivity index (χ0) is 24.2. The Morgan fingerprint density at radius 1 is 0.875 bits per heavy atom. The maximum absolute atomic E-state index is 11.4. The Morgan fingerprint density at radius 2 is 1.50 bits per heavy atom. The molecule has 2 unspecified atom stereocenters. The molecule has 0 amide bonds. The van der Waals surface area contributed by atoms with Crippen LogP contribution in [0.1, 0.15) is 20.8 Å². The Bertz CT molecular complexity index is 685. The molecule has 2 aliphatic heterocycles. The molecular weight excluding hydrogens is 440 g/mol. The van der Waals surface area contributed by atoms with Gasteiger partial charge in [-0.3, -0.25) is 14.4 Å². The molecule has 2 heterocycles. The average Bonchev–Trinajstić information content (AvgIpc) is 2.95. The highest BCUT2D eigenvalue weighted by Crippen LogP contribution is 2.37. The summed E-state index contributed by atoms with van der Waals surface area (Å²) in [4.78, 5) is 33.9. The lowest BCUT2D eigenvalue weighted by Crippen LogP contribution is -2.63. The molecule has 0 bridgehead atoms. The number of rotatable bonds is 8. The van der Waals surface area contributed by atoms with Gasteiger partial charge >= 0.3 is 17.9 Å². The maximum Gasteiger partial charge on any atom is 0.303 e. The Labute approximate surface area is 182 Å². The summed E-state index contributed by atoms with van der Waals surface area (Å²) in [5, 5.41) is 51.1. The average molecular weight is 468 g/mol. The van der Waals surface area contributed by atoms with Gasteiger partial charge < -0.3 is 54.0 Å². The van der Waals surface area contributed by atoms with E-state index in [-0.39, 0.29) is 0 Å². The van der Waals surface area contributed by atoms with Crippen LogP contribution in [0.25, 0.3) is 0 Å². The number of ether oxygens (including phenoxy) is 6. The van der Waals surface area contributed by atoms with Gasteiger partial charge in [0.15, 0.2) is 12.4 Å². The van der Waals surface area contributed by atoms with Crippen molar-refractivity contribution < 1.29 is 68.3 Å². The van der Waals surface area contributed by atoms with Gasteiger partial charge in [-0.15, -0.1) is 0 Å². The summed E-state index contributed by atoms with van der Waals surface area (Å²) in [7, 11) is 0. The summed E-state index contributed by atoms with van der Waals surface area (Å²) in [5.41, 5.74) is 0. The molecule has 9 atom stereocenters. The second kappa shape index (κ2) is 10.8. The van der Waals surface area contributed by atoms with Crippen molar-refractivity contribution in [2.45, 2.75) is 75.6 Å². The van der Waals surface area contributed by atoms with Crippen LogP contribution in [0, 0.1) is 0 Å². The van der Waals surface area contributed by atoms with E-state index in [9.17, 15) is 39.9 Å². The monoisotopic (exact) mass is 468 g/mol. The van der Waals surface area contributed by atoms with Gasteiger partial charge in [0.05, 0.1) is 6.61 Å². The predicted molar refractivity (Wildman–Crippen MR) is 97.3 cm³/mol. The van der Waals surface area contributed by atoms with Gasteiger partial charge in [0.2, 0.25) is 5.79 Å². The van der Waals surface area contributed by atoms with Gasteiger partial charge in [-0.25, -0.2) is 0 Å². The molecular formula is C18H28O14. The first-order valence-electron chi connectivity index (χ1n) is 9.70. The Balaban J connectivity index is 2.33. The zero-order valence-electron chi connectivity index (χ0n) is 17.7. The number of aliphatic hydroxyl groups excluding tert-OH is 5. The summed E-state index contributed by atoms with van der Waals surface area (Å²) in [6.07, 6.45) is -13.1. The van der Waals surface area contributed by atoms with Crippen LogP contribution in [0.4, 0.5) is 0 Å². The van der Waals surface area contributed by atoms with Crippen LogP contribution >= 0.6 is 0 Å². The maximum atomic E-state index is 11.4. The molecule has 2 saturated heterocycles. The molecule has 32 heavy (non-hydrogen) atoms. The largest absolute Gasteiger partial charge is 0.463 e. The van der Waals surface area contributed by atoms with Crippen molar-refractivity contribution in [2.24, 2.45) is 0 Å². The van der Waals surface area contributed by atoms with E-state index in [2.05, 4.69) is 0 Å². The second-order valence-corrected chi connectivity index (χ2v) is 7.38. The van der Waals surface area contributed by atoms with Crippen LogP contribution in [-0.4, -0.2) is 118 Å². The van der Waals surface area contributed by atoms with E-state index in [0.717, 1.165) is 20.8 Å². The van der Waals surface area contributed by atoms with E-state index in [0.29, 0.717) is 0 Å². The number of hydrogen-bond acceptors (Lipinski definition) is 14. The third-order valence-corrected chi connectivity index (χ3v) is 4.87. The number of esters is 3. The molecule has 2 rings (SSSR count). The molecule has 0 aliphatic carbocycles. The Hall–Kier alpha value is -1.91. The summed E-state index contributed by atoms with van der Waals surface area (Å²) < 4.78 is 31.1. The zero-order valence-corrected chi connectivity index (χ0v) is 17.7. The Kier molecular flexibility index (Phi) is 8.90. The van der Waals surface area contributed by atoms with E-state index in [1.165, 1.54) is 0 Å². The molecule has 0 aromatic carbocycles. The second-order valence-electron chi connectivity index (χ2n) is 7.38. The van der Waals surface area contributed by atoms with Crippen molar-refractivity contribution in [1.29, 1.82) is 0 Å². The fraction of sp³-hybridized carbons (Fsp3) is 0.833. The summed E-state index contributed by atoms with van der Waals surface area (Å²) in [6.45, 7) is 1.17. The number of carbonyl (C=O) groups is 3. The summed E-state index contributed by atoms with van der Waals surface area (Å²) in [5.74, 6) is -4.67. The molecule has 0 aromatic rings. The van der Waals surface area contributed by atoms with Crippen LogP contribution in [0.15, 0.2) is 0 Å². The molecule has 2 fully saturated rings. The lowest BCUT2D eigenvalue weighted by Gasteiger charge is -2.44. The van der Waals surface area contributed by atoms with Crippen LogP contribution in [0.2, 0.25) is 0 Å². The first kappa shape index (κ1) is 26.3. The topological polar surface area (TPSA) is 208 Å². The lowest BCUT2D eigenvalue weighted by molar-refractivity contribution is -0.383. The van der Waals surface area contributed by atoms with Gasteiger partial charge in [0.25, 0.3) is 0 Å². The van der Waals surface area contributed by atoms with Crippen molar-refractivity contribution in [2.75, 3.05) is 19.8 Å². The van der Waals surface area contributed by atoms with E-state index in [1.54, 1.807) is 0 Å². The lowest BCUT2D eigenvalue weighted by atomic mass is 9.98. The smallest absolute Gasteiger partial charge is 0.303 e. The normalized spacial score (nSPS) is 39.4. The van der Waals surface area contributed by atoms with Crippen LogP contribution in [-0.2, 0) is 42.8 Å². The van der Waals surface area contributed by atoms with E-state index < -0.39 is 92.5 Å². The number of aliphatic hydroxyl groups is 5. The van der Waals surface area contributed by atoms with Gasteiger partial charge in [-0.2, -0.15) is 0 Å². The highest BCUT2D eigenvalue weighted by molar-refractivity contribution is 5.66. The van der Waals surface area contributed by atoms with E-state index in [1.807, 2.05) is 0 Å².